The van der Waals surface area contributed by atoms with Crippen molar-refractivity contribution in [3.8, 4) is 5.88 Å². The van der Waals surface area contributed by atoms with E-state index in [1.165, 1.54) is 25.7 Å². The first-order valence-corrected chi connectivity index (χ1v) is 6.66. The molecule has 0 spiro atoms. The number of hydrogen-bond acceptors (Lipinski definition) is 6. The largest absolute Gasteiger partial charge is 0.481 e. The lowest BCUT2D eigenvalue weighted by Crippen LogP contribution is -2.47. The van der Waals surface area contributed by atoms with Crippen molar-refractivity contribution in [3.05, 3.63) is 6.07 Å². The minimum atomic E-state index is 0.215. The van der Waals surface area contributed by atoms with E-state index in [9.17, 15) is 0 Å². The van der Waals surface area contributed by atoms with Gasteiger partial charge in [0.1, 0.15) is 5.82 Å². The molecule has 0 radical (unpaired) electrons. The highest BCUT2D eigenvalue weighted by molar-refractivity contribution is 5.43. The number of nitrogen functional groups attached to an aromatic ring is 1. The van der Waals surface area contributed by atoms with Gasteiger partial charge in [0.2, 0.25) is 11.8 Å². The van der Waals surface area contributed by atoms with Gasteiger partial charge in [0, 0.05) is 18.2 Å². The van der Waals surface area contributed by atoms with Crippen molar-refractivity contribution in [2.75, 3.05) is 38.8 Å². The zero-order valence-corrected chi connectivity index (χ0v) is 11.9. The number of nitrogens with zero attached hydrogens (tertiary/aromatic N) is 3. The molecule has 0 bridgehead atoms. The van der Waals surface area contributed by atoms with E-state index in [2.05, 4.69) is 34.3 Å². The fraction of sp³-hybridized carbons (Fsp3) is 0.692. The van der Waals surface area contributed by atoms with E-state index < -0.39 is 0 Å². The van der Waals surface area contributed by atoms with Gasteiger partial charge >= 0.3 is 0 Å². The van der Waals surface area contributed by atoms with Crippen LogP contribution >= 0.6 is 0 Å². The van der Waals surface area contributed by atoms with Crippen LogP contribution in [0.15, 0.2) is 6.07 Å². The van der Waals surface area contributed by atoms with Crippen molar-refractivity contribution in [3.63, 3.8) is 0 Å². The second-order valence-electron chi connectivity index (χ2n) is 5.33. The number of nitrogens with two attached hydrogens (primary N) is 1. The fourth-order valence-electron chi connectivity index (χ4n) is 2.71. The lowest BCUT2D eigenvalue weighted by atomic mass is 9.96. The second-order valence-corrected chi connectivity index (χ2v) is 5.33. The van der Waals surface area contributed by atoms with E-state index in [-0.39, 0.29) is 11.5 Å². The predicted octanol–water partition coefficient (Wildman–Crippen LogP) is 1.35. The smallest absolute Gasteiger partial charge is 0.225 e. The van der Waals surface area contributed by atoms with Gasteiger partial charge < -0.3 is 20.7 Å². The average Bonchev–Trinajstić information content (AvgIpc) is 2.86. The molecule has 1 aliphatic carbocycles. The third-order valence-corrected chi connectivity index (χ3v) is 4.01. The first-order chi connectivity index (χ1) is 9.05. The fourth-order valence-corrected chi connectivity index (χ4v) is 2.71. The number of ether oxygens (including phenoxy) is 1. The zero-order chi connectivity index (χ0) is 13.9. The summed E-state index contributed by atoms with van der Waals surface area (Å²) in [5, 5.41) is 3.37. The number of likely N-dealkylation sites (N-methyl/N-ethyl adjacent to an activating group) is 1. The Morgan fingerprint density at radius 3 is 2.63 bits per heavy atom. The molecule has 19 heavy (non-hydrogen) atoms. The Morgan fingerprint density at radius 1 is 1.37 bits per heavy atom. The first kappa shape index (κ1) is 13.9. The molecule has 106 valence electrons. The monoisotopic (exact) mass is 265 g/mol. The predicted molar refractivity (Wildman–Crippen MR) is 76.4 cm³/mol. The summed E-state index contributed by atoms with van der Waals surface area (Å²) in [5.74, 6) is 1.44. The minimum Gasteiger partial charge on any atom is -0.481 e. The van der Waals surface area contributed by atoms with E-state index in [0.29, 0.717) is 5.88 Å². The molecular formula is C13H23N5O. The minimum absolute atomic E-state index is 0.215. The lowest BCUT2D eigenvalue weighted by molar-refractivity contribution is 0.172. The van der Waals surface area contributed by atoms with Crippen molar-refractivity contribution < 1.29 is 4.74 Å². The topological polar surface area (TPSA) is 76.3 Å². The molecule has 1 saturated carbocycles. The van der Waals surface area contributed by atoms with Crippen LogP contribution in [0.2, 0.25) is 0 Å². The standard InChI is InChI=1S/C13H23N5O/c1-18(2)13(6-4-5-7-13)9-15-10-8-11(19-3)17-12(14)16-10/h8H,4-7,9H2,1-3H3,(H3,14,15,16,17). The summed E-state index contributed by atoms with van der Waals surface area (Å²) in [6.07, 6.45) is 5.00. The van der Waals surface area contributed by atoms with Crippen LogP contribution in [0.4, 0.5) is 11.8 Å². The van der Waals surface area contributed by atoms with Crippen LogP contribution in [0, 0.1) is 0 Å². The third kappa shape index (κ3) is 3.07. The first-order valence-electron chi connectivity index (χ1n) is 6.66. The third-order valence-electron chi connectivity index (χ3n) is 4.01. The van der Waals surface area contributed by atoms with Gasteiger partial charge in [-0.15, -0.1) is 0 Å². The van der Waals surface area contributed by atoms with Gasteiger partial charge in [0.05, 0.1) is 7.11 Å². The van der Waals surface area contributed by atoms with Crippen LogP contribution in [-0.2, 0) is 0 Å². The molecule has 1 fully saturated rings. The molecule has 2 rings (SSSR count). The summed E-state index contributed by atoms with van der Waals surface area (Å²) >= 11 is 0. The lowest BCUT2D eigenvalue weighted by Gasteiger charge is -2.36. The Kier molecular flexibility index (Phi) is 4.09. The number of rotatable bonds is 5. The molecule has 1 heterocycles. The summed E-state index contributed by atoms with van der Waals surface area (Å²) in [6, 6.07) is 1.77. The Bertz CT molecular complexity index is 429. The maximum atomic E-state index is 5.66. The summed E-state index contributed by atoms with van der Waals surface area (Å²) in [5.41, 5.74) is 5.87. The molecule has 3 N–H and O–H groups in total. The van der Waals surface area contributed by atoms with Crippen LogP contribution in [-0.4, -0.2) is 48.2 Å². The van der Waals surface area contributed by atoms with Gasteiger partial charge in [0.15, 0.2) is 0 Å². The molecule has 6 nitrogen and oxygen atoms in total. The van der Waals surface area contributed by atoms with Crippen molar-refractivity contribution in [1.29, 1.82) is 0 Å². The van der Waals surface area contributed by atoms with Gasteiger partial charge in [-0.2, -0.15) is 9.97 Å². The van der Waals surface area contributed by atoms with Crippen LogP contribution in [0.25, 0.3) is 0 Å². The van der Waals surface area contributed by atoms with Gasteiger partial charge in [0.25, 0.3) is 0 Å². The summed E-state index contributed by atoms with van der Waals surface area (Å²) < 4.78 is 5.10. The van der Waals surface area contributed by atoms with Crippen molar-refractivity contribution in [1.82, 2.24) is 14.9 Å². The maximum Gasteiger partial charge on any atom is 0.225 e. The molecule has 1 aliphatic rings. The molecule has 0 atom stereocenters. The molecule has 0 unspecified atom stereocenters. The second kappa shape index (κ2) is 5.61. The van der Waals surface area contributed by atoms with Crippen LogP contribution in [0.3, 0.4) is 0 Å². The Labute approximate surface area is 114 Å². The highest BCUT2D eigenvalue weighted by Gasteiger charge is 2.35. The van der Waals surface area contributed by atoms with Gasteiger partial charge in [-0.3, -0.25) is 0 Å². The van der Waals surface area contributed by atoms with Crippen LogP contribution < -0.4 is 15.8 Å². The number of nitrogens with one attached hydrogen (secondary N) is 1. The Morgan fingerprint density at radius 2 is 2.05 bits per heavy atom. The average molecular weight is 265 g/mol. The summed E-state index contributed by atoms with van der Waals surface area (Å²) in [7, 11) is 5.85. The van der Waals surface area contributed by atoms with E-state index in [1.807, 2.05) is 0 Å². The van der Waals surface area contributed by atoms with E-state index in [4.69, 9.17) is 10.5 Å². The molecule has 6 heteroatoms. The molecule has 0 saturated heterocycles. The van der Waals surface area contributed by atoms with Crippen molar-refractivity contribution >= 4 is 11.8 Å². The van der Waals surface area contributed by atoms with Crippen molar-refractivity contribution in [2.45, 2.75) is 31.2 Å². The van der Waals surface area contributed by atoms with Gasteiger partial charge in [-0.25, -0.2) is 0 Å². The normalized spacial score (nSPS) is 17.7. The Balaban J connectivity index is 2.07. The SMILES string of the molecule is COc1cc(NCC2(N(C)C)CCCC2)nc(N)n1. The number of aromatic nitrogens is 2. The maximum absolute atomic E-state index is 5.66. The van der Waals surface area contributed by atoms with E-state index in [0.717, 1.165) is 12.4 Å². The number of anilines is 2. The molecule has 0 aromatic carbocycles. The van der Waals surface area contributed by atoms with Gasteiger partial charge in [-0.05, 0) is 26.9 Å². The number of methoxy groups -OCH3 is 1. The Hall–Kier alpha value is -1.56. The van der Waals surface area contributed by atoms with Crippen LogP contribution in [0.1, 0.15) is 25.7 Å². The summed E-state index contributed by atoms with van der Waals surface area (Å²) in [4.78, 5) is 10.5. The zero-order valence-electron chi connectivity index (χ0n) is 11.9. The highest BCUT2D eigenvalue weighted by atomic mass is 16.5. The van der Waals surface area contributed by atoms with Crippen molar-refractivity contribution in [2.24, 2.45) is 0 Å². The molecule has 1 aromatic rings. The molecule has 0 aliphatic heterocycles. The molecule has 1 aromatic heterocycles. The quantitative estimate of drug-likeness (QED) is 0.837. The summed E-state index contributed by atoms with van der Waals surface area (Å²) in [6.45, 7) is 0.861. The van der Waals surface area contributed by atoms with Crippen LogP contribution in [0.5, 0.6) is 5.88 Å². The number of hydrogen-bond donors (Lipinski definition) is 2. The van der Waals surface area contributed by atoms with E-state index in [1.54, 1.807) is 13.2 Å². The van der Waals surface area contributed by atoms with Gasteiger partial charge in [-0.1, -0.05) is 12.8 Å². The van der Waals surface area contributed by atoms with E-state index >= 15 is 0 Å². The highest BCUT2D eigenvalue weighted by Crippen LogP contribution is 2.33. The molecule has 0 amide bonds. The molecular weight excluding hydrogens is 242 g/mol.